The lowest BCUT2D eigenvalue weighted by molar-refractivity contribution is 0.424. The van der Waals surface area contributed by atoms with Crippen LogP contribution in [-0.4, -0.2) is 31.1 Å². The molecule has 2 aromatic carbocycles. The fraction of sp³-hybridized carbons (Fsp3) is 0.333. The van der Waals surface area contributed by atoms with E-state index in [1.54, 1.807) is 16.1 Å². The molecule has 3 nitrogen and oxygen atoms in total. The van der Waals surface area contributed by atoms with E-state index in [0.29, 0.717) is 15.8 Å². The molecule has 0 unspecified atom stereocenters. The molecule has 1 aliphatic rings. The molecule has 1 saturated carbocycles. The zero-order valence-electron chi connectivity index (χ0n) is 15.8. The Labute approximate surface area is 179 Å². The Bertz CT molecular complexity index is 1120. The maximum atomic E-state index is 13.5. The van der Waals surface area contributed by atoms with E-state index in [-0.39, 0.29) is 6.04 Å². The van der Waals surface area contributed by atoms with Crippen LogP contribution in [0.1, 0.15) is 24.0 Å². The lowest BCUT2D eigenvalue weighted by Crippen LogP contribution is -2.35. The first-order valence-electron chi connectivity index (χ1n) is 9.26. The van der Waals surface area contributed by atoms with Gasteiger partial charge in [-0.25, -0.2) is 8.42 Å². The molecule has 1 aromatic heterocycles. The van der Waals surface area contributed by atoms with Gasteiger partial charge in [-0.05, 0) is 68.0 Å². The van der Waals surface area contributed by atoms with Crippen LogP contribution < -0.4 is 0 Å². The molecule has 1 aliphatic carbocycles. The van der Waals surface area contributed by atoms with E-state index in [4.69, 9.17) is 11.6 Å². The first kappa shape index (κ1) is 20.2. The quantitative estimate of drug-likeness (QED) is 0.406. The van der Waals surface area contributed by atoms with E-state index in [9.17, 15) is 8.42 Å². The summed E-state index contributed by atoms with van der Waals surface area (Å²) >= 11 is 9.18. The highest BCUT2D eigenvalue weighted by Crippen LogP contribution is 2.40. The van der Waals surface area contributed by atoms with Crippen LogP contribution in [0, 0.1) is 13.8 Å². The van der Waals surface area contributed by atoms with Gasteiger partial charge in [0, 0.05) is 33.0 Å². The van der Waals surface area contributed by atoms with Crippen molar-refractivity contribution in [1.82, 2.24) is 4.31 Å². The number of hydrogen-bond donors (Lipinski definition) is 0. The van der Waals surface area contributed by atoms with E-state index in [0.717, 1.165) is 34.2 Å². The van der Waals surface area contributed by atoms with E-state index in [1.165, 1.54) is 21.8 Å². The Morgan fingerprint density at radius 3 is 2.68 bits per heavy atom. The van der Waals surface area contributed by atoms with Crippen LogP contribution in [0.3, 0.4) is 0 Å². The molecule has 0 N–H and O–H groups in total. The van der Waals surface area contributed by atoms with Crippen LogP contribution in [0.4, 0.5) is 0 Å². The van der Waals surface area contributed by atoms with Gasteiger partial charge in [0.1, 0.15) is 4.21 Å². The first-order chi connectivity index (χ1) is 13.4. The maximum absolute atomic E-state index is 13.5. The Morgan fingerprint density at radius 1 is 1.18 bits per heavy atom. The summed E-state index contributed by atoms with van der Waals surface area (Å²) in [6.07, 6.45) is 1.90. The molecule has 0 radical (unpaired) electrons. The molecular formula is C21H22ClNO2S3. The SMILES string of the molecule is Cc1cccc(SCCN(C2CC2)S(=O)(=O)c2sc3ccc(Cl)cc3c2C)c1. The molecule has 1 heterocycles. The van der Waals surface area contributed by atoms with Crippen molar-refractivity contribution in [3.05, 3.63) is 58.6 Å². The predicted octanol–water partition coefficient (Wildman–Crippen LogP) is 6.12. The number of rotatable bonds is 7. The fourth-order valence-electron chi connectivity index (χ4n) is 3.34. The van der Waals surface area contributed by atoms with Gasteiger partial charge < -0.3 is 0 Å². The first-order valence-corrected chi connectivity index (χ1v) is 12.9. The minimum absolute atomic E-state index is 0.135. The largest absolute Gasteiger partial charge is 0.253 e. The highest BCUT2D eigenvalue weighted by Gasteiger charge is 2.39. The van der Waals surface area contributed by atoms with E-state index in [2.05, 4.69) is 25.1 Å². The van der Waals surface area contributed by atoms with Crippen molar-refractivity contribution in [1.29, 1.82) is 0 Å². The van der Waals surface area contributed by atoms with Gasteiger partial charge in [-0.3, -0.25) is 0 Å². The van der Waals surface area contributed by atoms with Crippen LogP contribution in [0.25, 0.3) is 10.1 Å². The van der Waals surface area contributed by atoms with Crippen LogP contribution >= 0.6 is 34.7 Å². The van der Waals surface area contributed by atoms with Crippen molar-refractivity contribution in [2.75, 3.05) is 12.3 Å². The average Bonchev–Trinajstić information content (AvgIpc) is 3.43. The van der Waals surface area contributed by atoms with E-state index >= 15 is 0 Å². The number of thioether (sulfide) groups is 1. The van der Waals surface area contributed by atoms with Gasteiger partial charge in [-0.2, -0.15) is 4.31 Å². The third kappa shape index (κ3) is 4.12. The molecule has 0 amide bonds. The zero-order valence-corrected chi connectivity index (χ0v) is 19.0. The molecule has 3 aromatic rings. The number of hydrogen-bond acceptors (Lipinski definition) is 4. The number of aryl methyl sites for hydroxylation is 2. The normalized spacial score (nSPS) is 14.9. The van der Waals surface area contributed by atoms with Crippen LogP contribution in [-0.2, 0) is 10.0 Å². The number of thiophene rings is 1. The predicted molar refractivity (Wildman–Crippen MR) is 120 cm³/mol. The van der Waals surface area contributed by atoms with Crippen molar-refractivity contribution in [3.8, 4) is 0 Å². The maximum Gasteiger partial charge on any atom is 0.253 e. The van der Waals surface area contributed by atoms with Gasteiger partial charge in [0.05, 0.1) is 0 Å². The molecule has 148 valence electrons. The Balaban J connectivity index is 1.58. The number of sulfonamides is 1. The number of nitrogens with zero attached hydrogens (tertiary/aromatic N) is 1. The van der Waals surface area contributed by atoms with Gasteiger partial charge in [0.2, 0.25) is 0 Å². The summed E-state index contributed by atoms with van der Waals surface area (Å²) in [4.78, 5) is 1.18. The molecule has 0 saturated heterocycles. The van der Waals surface area contributed by atoms with Crippen LogP contribution in [0.15, 0.2) is 51.6 Å². The van der Waals surface area contributed by atoms with Gasteiger partial charge in [-0.1, -0.05) is 29.3 Å². The van der Waals surface area contributed by atoms with Crippen molar-refractivity contribution in [2.24, 2.45) is 0 Å². The minimum atomic E-state index is -3.51. The third-order valence-corrected chi connectivity index (χ3v) is 9.95. The Kier molecular flexibility index (Phi) is 5.78. The molecular weight excluding hydrogens is 430 g/mol. The summed E-state index contributed by atoms with van der Waals surface area (Å²) in [5.41, 5.74) is 2.02. The van der Waals surface area contributed by atoms with Crippen LogP contribution in [0.2, 0.25) is 5.02 Å². The molecule has 1 fully saturated rings. The van der Waals surface area contributed by atoms with Crippen molar-refractivity contribution in [3.63, 3.8) is 0 Å². The highest BCUT2D eigenvalue weighted by atomic mass is 35.5. The van der Waals surface area contributed by atoms with Gasteiger partial charge in [0.25, 0.3) is 10.0 Å². The smallest absolute Gasteiger partial charge is 0.206 e. The summed E-state index contributed by atoms with van der Waals surface area (Å²) in [5.74, 6) is 0.745. The lowest BCUT2D eigenvalue weighted by atomic mass is 10.2. The second kappa shape index (κ2) is 8.00. The minimum Gasteiger partial charge on any atom is -0.206 e. The van der Waals surface area contributed by atoms with E-state index in [1.807, 2.05) is 31.2 Å². The average molecular weight is 452 g/mol. The second-order valence-electron chi connectivity index (χ2n) is 7.17. The Hall–Kier alpha value is -1.05. The third-order valence-electron chi connectivity index (χ3n) is 4.92. The van der Waals surface area contributed by atoms with Gasteiger partial charge >= 0.3 is 0 Å². The van der Waals surface area contributed by atoms with E-state index < -0.39 is 10.0 Å². The molecule has 0 bridgehead atoms. The molecule has 0 atom stereocenters. The summed E-state index contributed by atoms with van der Waals surface area (Å²) < 4.78 is 30.1. The zero-order chi connectivity index (χ0) is 19.9. The molecule has 4 rings (SSSR count). The van der Waals surface area contributed by atoms with Crippen molar-refractivity contribution < 1.29 is 8.42 Å². The monoisotopic (exact) mass is 451 g/mol. The van der Waals surface area contributed by atoms with Gasteiger partial charge in [0.15, 0.2) is 0 Å². The molecule has 28 heavy (non-hydrogen) atoms. The van der Waals surface area contributed by atoms with Crippen molar-refractivity contribution >= 4 is 54.8 Å². The fourth-order valence-corrected chi connectivity index (χ4v) is 8.14. The molecule has 0 aliphatic heterocycles. The van der Waals surface area contributed by atoms with Crippen molar-refractivity contribution in [2.45, 2.75) is 41.8 Å². The number of halogens is 1. The van der Waals surface area contributed by atoms with Crippen LogP contribution in [0.5, 0.6) is 0 Å². The topological polar surface area (TPSA) is 37.4 Å². The van der Waals surface area contributed by atoms with Gasteiger partial charge in [-0.15, -0.1) is 23.1 Å². The summed E-state index contributed by atoms with van der Waals surface area (Å²) in [5, 5.41) is 1.56. The number of fused-ring (bicyclic) bond motifs is 1. The summed E-state index contributed by atoms with van der Waals surface area (Å²) in [7, 11) is -3.51. The molecule has 7 heteroatoms. The number of benzene rings is 2. The highest BCUT2D eigenvalue weighted by molar-refractivity contribution is 7.99. The Morgan fingerprint density at radius 2 is 1.96 bits per heavy atom. The standard InChI is InChI=1S/C21H22ClNO2S3/c1-14-4-3-5-18(12-14)26-11-10-23(17-7-8-17)28(24,25)21-15(2)19-13-16(22)6-9-20(19)27-21/h3-6,9,12-13,17H,7-8,10-11H2,1-2H3. The summed E-state index contributed by atoms with van der Waals surface area (Å²) in [6, 6.07) is 14.0. The molecule has 0 spiro atoms. The summed E-state index contributed by atoms with van der Waals surface area (Å²) in [6.45, 7) is 4.48. The second-order valence-corrected chi connectivity index (χ2v) is 11.9. The lowest BCUT2D eigenvalue weighted by Gasteiger charge is -2.21.